The van der Waals surface area contributed by atoms with Crippen LogP contribution in [0.25, 0.3) is 0 Å². The molecular formula is C22H28I3O5S-. The van der Waals surface area contributed by atoms with Crippen LogP contribution in [0.1, 0.15) is 40.0 Å². The van der Waals surface area contributed by atoms with E-state index in [1.165, 1.54) is 17.3 Å². The molecule has 1 aliphatic heterocycles. The van der Waals surface area contributed by atoms with Crippen LogP contribution in [-0.4, -0.2) is 55.7 Å². The molecule has 0 unspecified atom stereocenters. The average molecular weight is 785 g/mol. The van der Waals surface area contributed by atoms with E-state index in [0.29, 0.717) is 25.2 Å². The monoisotopic (exact) mass is 785 g/mol. The van der Waals surface area contributed by atoms with E-state index >= 15 is 0 Å². The standard InChI is InChI=1S/C22H28O5S.I3/c1-3-13-4-6-14(7-5-13)9-15-10-16(17(24)8-12(15)2)22-21(27)20(26)19(25)18(11-23)28-22;1-3-2/h4-8,10,18-27H,3,9,11H2,1-2H3;/q;-1/t18-,19-,20+,21-,22+;/m1./s1. The van der Waals surface area contributed by atoms with Gasteiger partial charge in [-0.05, 0) is 48.1 Å². The Balaban J connectivity index is 0.00000107. The third-order valence-corrected chi connectivity index (χ3v) is 7.11. The van der Waals surface area contributed by atoms with Crippen molar-refractivity contribution in [1.29, 1.82) is 0 Å². The number of phenols is 1. The molecule has 0 bridgehead atoms. The molecule has 1 fully saturated rings. The molecule has 1 saturated heterocycles. The molecule has 2 aromatic rings. The van der Waals surface area contributed by atoms with Gasteiger partial charge in [-0.1, -0.05) is 37.3 Å². The van der Waals surface area contributed by atoms with E-state index in [1.807, 2.05) is 13.0 Å². The van der Waals surface area contributed by atoms with Crippen LogP contribution in [0.4, 0.5) is 0 Å². The van der Waals surface area contributed by atoms with Crippen LogP contribution < -0.4 is 13.3 Å². The summed E-state index contributed by atoms with van der Waals surface area (Å²) in [6.45, 7) is 3.72. The number of aliphatic hydroxyl groups is 4. The third kappa shape index (κ3) is 7.30. The summed E-state index contributed by atoms with van der Waals surface area (Å²) in [4.78, 5) is 0. The molecule has 31 heavy (non-hydrogen) atoms. The number of aliphatic hydroxyl groups excluding tert-OH is 4. The second-order valence-electron chi connectivity index (χ2n) is 7.49. The van der Waals surface area contributed by atoms with Gasteiger partial charge < -0.3 is 25.5 Å². The molecular weight excluding hydrogens is 757 g/mol. The number of aryl methyl sites for hydroxylation is 2. The maximum absolute atomic E-state index is 10.5. The predicted molar refractivity (Wildman–Crippen MR) is 139 cm³/mol. The number of thioether (sulfide) groups is 1. The van der Waals surface area contributed by atoms with Gasteiger partial charge in [0, 0.05) is 5.56 Å². The molecule has 1 heterocycles. The Bertz CT molecular complexity index is 835. The number of phenolic OH excluding ortho intramolecular Hbond substituents is 1. The van der Waals surface area contributed by atoms with Gasteiger partial charge in [-0.15, -0.1) is 11.8 Å². The number of hydrogen-bond acceptors (Lipinski definition) is 6. The van der Waals surface area contributed by atoms with E-state index < -0.39 is 28.8 Å². The fourth-order valence-corrected chi connectivity index (χ4v) is 5.09. The van der Waals surface area contributed by atoms with Gasteiger partial charge in [0.15, 0.2) is 0 Å². The van der Waals surface area contributed by atoms with Crippen molar-refractivity contribution >= 4 is 49.0 Å². The molecule has 174 valence electrons. The van der Waals surface area contributed by atoms with Gasteiger partial charge in [-0.3, -0.25) is 0 Å². The Kier molecular flexibility index (Phi) is 12.1. The molecule has 9 heteroatoms. The van der Waals surface area contributed by atoms with Crippen LogP contribution >= 0.6 is 49.0 Å². The molecule has 0 radical (unpaired) electrons. The van der Waals surface area contributed by atoms with Crippen LogP contribution in [0.5, 0.6) is 5.75 Å². The van der Waals surface area contributed by atoms with E-state index in [4.69, 9.17) is 0 Å². The summed E-state index contributed by atoms with van der Waals surface area (Å²) < 4.78 is 0. The number of aromatic hydroxyl groups is 1. The quantitative estimate of drug-likeness (QED) is 0.289. The molecule has 0 amide bonds. The molecule has 0 saturated carbocycles. The normalized spacial score (nSPS) is 25.7. The summed E-state index contributed by atoms with van der Waals surface area (Å²) in [6.07, 6.45) is -2.17. The van der Waals surface area contributed by atoms with Crippen molar-refractivity contribution in [3.63, 3.8) is 0 Å². The molecule has 0 aliphatic carbocycles. The first-order valence-electron chi connectivity index (χ1n) is 9.85. The van der Waals surface area contributed by atoms with E-state index in [1.54, 1.807) is 6.07 Å². The van der Waals surface area contributed by atoms with Crippen LogP contribution in [0.2, 0.25) is 0 Å². The maximum atomic E-state index is 10.5. The van der Waals surface area contributed by atoms with Gasteiger partial charge >= 0.3 is 50.5 Å². The average Bonchev–Trinajstić information content (AvgIpc) is 2.76. The zero-order valence-electron chi connectivity index (χ0n) is 17.3. The van der Waals surface area contributed by atoms with Crippen molar-refractivity contribution in [2.45, 2.75) is 55.5 Å². The van der Waals surface area contributed by atoms with E-state index in [-0.39, 0.29) is 12.4 Å². The van der Waals surface area contributed by atoms with Crippen molar-refractivity contribution < 1.29 is 38.8 Å². The second kappa shape index (κ2) is 13.5. The SMILES string of the molecule is CCc1ccc(Cc2cc([C@@H]3S[C@H](CO)[C@@H](O)[C@H](O)[C@H]3O)c(O)cc2C)cc1.I[I-]I. The Morgan fingerprint density at radius 3 is 2.10 bits per heavy atom. The van der Waals surface area contributed by atoms with Crippen LogP contribution in [0.3, 0.4) is 0 Å². The first kappa shape index (κ1) is 27.9. The molecule has 5 nitrogen and oxygen atoms in total. The zero-order chi connectivity index (χ0) is 23.1. The van der Waals surface area contributed by atoms with E-state index in [0.717, 1.165) is 23.1 Å². The van der Waals surface area contributed by atoms with Crippen molar-refractivity contribution in [1.82, 2.24) is 0 Å². The van der Waals surface area contributed by atoms with Crippen LogP contribution in [-0.2, 0) is 12.8 Å². The fraction of sp³-hybridized carbons (Fsp3) is 0.455. The molecule has 3 rings (SSSR count). The summed E-state index contributed by atoms with van der Waals surface area (Å²) in [5, 5.41) is 49.4. The summed E-state index contributed by atoms with van der Waals surface area (Å²) in [7, 11) is 0. The third-order valence-electron chi connectivity index (χ3n) is 5.51. The number of benzene rings is 2. The Hall–Kier alpha value is 0.620. The molecule has 0 aromatic heterocycles. The zero-order valence-corrected chi connectivity index (χ0v) is 24.5. The number of hydrogen-bond donors (Lipinski definition) is 5. The summed E-state index contributed by atoms with van der Waals surface area (Å²) in [5.74, 6) is 0.0411. The van der Waals surface area contributed by atoms with Crippen molar-refractivity contribution in [3.05, 3.63) is 64.2 Å². The Morgan fingerprint density at radius 1 is 0.968 bits per heavy atom. The van der Waals surface area contributed by atoms with Crippen molar-refractivity contribution in [2.75, 3.05) is 6.61 Å². The summed E-state index contributed by atoms with van der Waals surface area (Å²) in [5.41, 5.74) is 4.89. The van der Waals surface area contributed by atoms with E-state index in [2.05, 4.69) is 68.4 Å². The molecule has 2 aromatic carbocycles. The van der Waals surface area contributed by atoms with Gasteiger partial charge in [0.25, 0.3) is 0 Å². The van der Waals surface area contributed by atoms with Gasteiger partial charge in [0.05, 0.1) is 29.3 Å². The second-order valence-corrected chi connectivity index (χ2v) is 25.1. The first-order valence-corrected chi connectivity index (χ1v) is 23.4. The molecule has 5 atom stereocenters. The minimum absolute atomic E-state index is 0.0411. The summed E-state index contributed by atoms with van der Waals surface area (Å²) >= 11 is 6.47. The fourth-order valence-electron chi connectivity index (χ4n) is 3.65. The first-order chi connectivity index (χ1) is 14.8. The minimum atomic E-state index is -1.38. The van der Waals surface area contributed by atoms with Crippen LogP contribution in [0.15, 0.2) is 36.4 Å². The van der Waals surface area contributed by atoms with Crippen molar-refractivity contribution in [3.8, 4) is 5.75 Å². The summed E-state index contributed by atoms with van der Waals surface area (Å²) in [6, 6.07) is 11.9. The van der Waals surface area contributed by atoms with Crippen molar-refractivity contribution in [2.24, 2.45) is 0 Å². The Labute approximate surface area is 217 Å². The predicted octanol–water partition coefficient (Wildman–Crippen LogP) is 0.861. The van der Waals surface area contributed by atoms with E-state index in [9.17, 15) is 25.5 Å². The van der Waals surface area contributed by atoms with Gasteiger partial charge in [-0.25, -0.2) is 0 Å². The van der Waals surface area contributed by atoms with Gasteiger partial charge in [0.1, 0.15) is 11.9 Å². The van der Waals surface area contributed by atoms with Gasteiger partial charge in [0.2, 0.25) is 0 Å². The molecule has 5 N–H and O–H groups in total. The van der Waals surface area contributed by atoms with Crippen LogP contribution in [0, 0.1) is 6.92 Å². The Morgan fingerprint density at radius 2 is 1.55 bits per heavy atom. The van der Waals surface area contributed by atoms with Gasteiger partial charge in [-0.2, -0.15) is 0 Å². The molecule has 1 aliphatic rings. The number of halogens is 3. The molecule has 0 spiro atoms. The number of rotatable bonds is 5. The topological polar surface area (TPSA) is 101 Å².